The second-order valence-corrected chi connectivity index (χ2v) is 4.73. The first-order chi connectivity index (χ1) is 8.47. The number of ether oxygens (including phenoxy) is 1. The number of halogens is 1. The number of anilines is 1. The maximum absolute atomic E-state index is 5.91. The Balaban J connectivity index is 3.03. The Hall–Kier alpha value is -1.10. The maximum atomic E-state index is 5.91. The Kier molecular flexibility index (Phi) is 5.59. The van der Waals surface area contributed by atoms with Crippen molar-refractivity contribution in [3.63, 3.8) is 0 Å². The van der Waals surface area contributed by atoms with Gasteiger partial charge in [0, 0.05) is 12.6 Å². The number of nitrogens with zero attached hydrogens (tertiary/aromatic N) is 4. The van der Waals surface area contributed by atoms with E-state index in [0.717, 1.165) is 13.0 Å². The molecular weight excluding hydrogens is 252 g/mol. The molecule has 0 aliphatic carbocycles. The normalized spacial score (nSPS) is 12.6. The summed E-state index contributed by atoms with van der Waals surface area (Å²) in [6, 6.07) is 0.627. The van der Waals surface area contributed by atoms with Crippen LogP contribution in [0.3, 0.4) is 0 Å². The summed E-state index contributed by atoms with van der Waals surface area (Å²) in [4.78, 5) is 14.5. The van der Waals surface area contributed by atoms with Crippen molar-refractivity contribution in [2.45, 2.75) is 53.2 Å². The molecule has 5 nitrogen and oxygen atoms in total. The molecule has 0 spiro atoms. The SMILES string of the molecule is CCC(C)N(CC)c1nc(Cl)nc(OC(C)C)n1. The topological polar surface area (TPSA) is 51.1 Å². The van der Waals surface area contributed by atoms with Crippen molar-refractivity contribution in [3.05, 3.63) is 5.28 Å². The third-order valence-corrected chi connectivity index (χ3v) is 2.81. The molecule has 0 aromatic carbocycles. The molecule has 0 fully saturated rings. The van der Waals surface area contributed by atoms with Gasteiger partial charge in [-0.15, -0.1) is 0 Å². The maximum Gasteiger partial charge on any atom is 0.322 e. The minimum absolute atomic E-state index is 0.00925. The first-order valence-corrected chi connectivity index (χ1v) is 6.70. The van der Waals surface area contributed by atoms with Crippen molar-refractivity contribution in [1.82, 2.24) is 15.0 Å². The highest BCUT2D eigenvalue weighted by Gasteiger charge is 2.17. The molecule has 0 saturated carbocycles. The highest BCUT2D eigenvalue weighted by atomic mass is 35.5. The van der Waals surface area contributed by atoms with Gasteiger partial charge in [-0.25, -0.2) is 0 Å². The van der Waals surface area contributed by atoms with Gasteiger partial charge < -0.3 is 9.64 Å². The summed E-state index contributed by atoms with van der Waals surface area (Å²) in [5, 5.41) is 0.164. The van der Waals surface area contributed by atoms with Gasteiger partial charge in [0.15, 0.2) is 0 Å². The quantitative estimate of drug-likeness (QED) is 0.797. The zero-order valence-electron chi connectivity index (χ0n) is 11.6. The summed E-state index contributed by atoms with van der Waals surface area (Å²) >= 11 is 5.91. The summed E-state index contributed by atoms with van der Waals surface area (Å²) in [6.07, 6.45) is 1.02. The summed E-state index contributed by atoms with van der Waals surface area (Å²) < 4.78 is 5.47. The van der Waals surface area contributed by atoms with Gasteiger partial charge >= 0.3 is 6.01 Å². The van der Waals surface area contributed by atoms with Gasteiger partial charge in [0.1, 0.15) is 0 Å². The molecular formula is C12H21ClN4O. The molecule has 102 valence electrons. The van der Waals surface area contributed by atoms with Crippen LogP contribution >= 0.6 is 11.6 Å². The van der Waals surface area contributed by atoms with Crippen molar-refractivity contribution in [2.75, 3.05) is 11.4 Å². The fourth-order valence-corrected chi connectivity index (χ4v) is 1.73. The van der Waals surface area contributed by atoms with Crippen LogP contribution in [-0.4, -0.2) is 33.6 Å². The molecule has 0 aliphatic rings. The molecule has 0 N–H and O–H groups in total. The van der Waals surface area contributed by atoms with Crippen LogP contribution in [0.15, 0.2) is 0 Å². The number of hydrogen-bond donors (Lipinski definition) is 0. The van der Waals surface area contributed by atoms with E-state index in [0.29, 0.717) is 12.0 Å². The van der Waals surface area contributed by atoms with Gasteiger partial charge in [0.25, 0.3) is 0 Å². The second kappa shape index (κ2) is 6.73. The number of aromatic nitrogens is 3. The first-order valence-electron chi connectivity index (χ1n) is 6.32. The van der Waals surface area contributed by atoms with Gasteiger partial charge in [0.2, 0.25) is 11.2 Å². The van der Waals surface area contributed by atoms with E-state index in [-0.39, 0.29) is 17.4 Å². The van der Waals surface area contributed by atoms with Crippen LogP contribution in [0.25, 0.3) is 0 Å². The van der Waals surface area contributed by atoms with E-state index in [9.17, 15) is 0 Å². The molecule has 1 atom stereocenters. The van der Waals surface area contributed by atoms with Crippen LogP contribution in [0.1, 0.15) is 41.0 Å². The fourth-order valence-electron chi connectivity index (χ4n) is 1.58. The van der Waals surface area contributed by atoms with E-state index in [4.69, 9.17) is 16.3 Å². The highest BCUT2D eigenvalue weighted by molar-refractivity contribution is 6.28. The van der Waals surface area contributed by atoms with Gasteiger partial charge in [-0.05, 0) is 45.7 Å². The minimum atomic E-state index is 0.00925. The lowest BCUT2D eigenvalue weighted by atomic mass is 10.2. The van der Waals surface area contributed by atoms with Crippen molar-refractivity contribution in [1.29, 1.82) is 0 Å². The van der Waals surface area contributed by atoms with Crippen molar-refractivity contribution >= 4 is 17.5 Å². The molecule has 1 aromatic heterocycles. The molecule has 18 heavy (non-hydrogen) atoms. The van der Waals surface area contributed by atoms with Crippen LogP contribution in [-0.2, 0) is 0 Å². The third-order valence-electron chi connectivity index (χ3n) is 2.64. The van der Waals surface area contributed by atoms with E-state index in [1.165, 1.54) is 0 Å². The van der Waals surface area contributed by atoms with Crippen LogP contribution in [0.4, 0.5) is 5.95 Å². The molecule has 0 aliphatic heterocycles. The Morgan fingerprint density at radius 1 is 1.17 bits per heavy atom. The lowest BCUT2D eigenvalue weighted by Gasteiger charge is -2.27. The summed E-state index contributed by atoms with van der Waals surface area (Å²) in [6.45, 7) is 11.0. The Morgan fingerprint density at radius 2 is 1.83 bits per heavy atom. The van der Waals surface area contributed by atoms with Gasteiger partial charge in [0.05, 0.1) is 6.10 Å². The average molecular weight is 273 g/mol. The summed E-state index contributed by atoms with van der Waals surface area (Å²) in [5.74, 6) is 0.572. The Bertz CT molecular complexity index is 386. The predicted molar refractivity (Wildman–Crippen MR) is 73.4 cm³/mol. The molecule has 1 rings (SSSR count). The van der Waals surface area contributed by atoms with E-state index in [1.807, 2.05) is 13.8 Å². The van der Waals surface area contributed by atoms with Crippen LogP contribution in [0.2, 0.25) is 5.28 Å². The molecule has 0 amide bonds. The Morgan fingerprint density at radius 3 is 2.33 bits per heavy atom. The predicted octanol–water partition coefficient (Wildman–Crippen LogP) is 2.94. The molecule has 0 bridgehead atoms. The lowest BCUT2D eigenvalue weighted by molar-refractivity contribution is 0.221. The van der Waals surface area contributed by atoms with Crippen molar-refractivity contribution < 1.29 is 4.74 Å². The largest absolute Gasteiger partial charge is 0.461 e. The minimum Gasteiger partial charge on any atom is -0.461 e. The zero-order chi connectivity index (χ0) is 13.7. The van der Waals surface area contributed by atoms with Crippen molar-refractivity contribution in [2.24, 2.45) is 0 Å². The molecule has 1 aromatic rings. The van der Waals surface area contributed by atoms with E-state index in [2.05, 4.69) is 40.6 Å². The fraction of sp³-hybridized carbons (Fsp3) is 0.750. The smallest absolute Gasteiger partial charge is 0.322 e. The monoisotopic (exact) mass is 272 g/mol. The van der Waals surface area contributed by atoms with Crippen LogP contribution in [0.5, 0.6) is 6.01 Å². The lowest BCUT2D eigenvalue weighted by Crippen LogP contribution is -2.34. The van der Waals surface area contributed by atoms with Crippen molar-refractivity contribution in [3.8, 4) is 6.01 Å². The number of hydrogen-bond acceptors (Lipinski definition) is 5. The molecule has 1 unspecified atom stereocenters. The average Bonchev–Trinajstić information content (AvgIpc) is 2.28. The second-order valence-electron chi connectivity index (χ2n) is 4.40. The molecule has 6 heteroatoms. The molecule has 1 heterocycles. The standard InChI is InChI=1S/C12H21ClN4O/c1-6-9(5)17(7-2)11-14-10(13)15-12(16-11)18-8(3)4/h8-9H,6-7H2,1-5H3. The van der Waals surface area contributed by atoms with Gasteiger partial charge in [-0.1, -0.05) is 6.92 Å². The van der Waals surface area contributed by atoms with E-state index < -0.39 is 0 Å². The Labute approximate surface area is 114 Å². The first kappa shape index (κ1) is 15.0. The number of rotatable bonds is 6. The van der Waals surface area contributed by atoms with Crippen LogP contribution < -0.4 is 9.64 Å². The van der Waals surface area contributed by atoms with Gasteiger partial charge in [-0.3, -0.25) is 0 Å². The summed E-state index contributed by atoms with van der Waals surface area (Å²) in [7, 11) is 0. The zero-order valence-corrected chi connectivity index (χ0v) is 12.4. The third kappa shape index (κ3) is 3.98. The summed E-state index contributed by atoms with van der Waals surface area (Å²) in [5.41, 5.74) is 0. The van der Waals surface area contributed by atoms with E-state index in [1.54, 1.807) is 0 Å². The molecule has 0 saturated heterocycles. The van der Waals surface area contributed by atoms with Gasteiger partial charge in [-0.2, -0.15) is 15.0 Å². The van der Waals surface area contributed by atoms with Crippen LogP contribution in [0, 0.1) is 0 Å². The van der Waals surface area contributed by atoms with E-state index >= 15 is 0 Å². The highest BCUT2D eigenvalue weighted by Crippen LogP contribution is 2.18. The molecule has 0 radical (unpaired) electrons.